The number of hydrogen-bond donors (Lipinski definition) is 2. The van der Waals surface area contributed by atoms with Crippen LogP contribution in [-0.4, -0.2) is 35.0 Å². The minimum absolute atomic E-state index is 0.0185. The van der Waals surface area contributed by atoms with Crippen LogP contribution in [0.15, 0.2) is 72.8 Å². The molecule has 3 rings (SSSR count). The molecule has 0 spiro atoms. The maximum Gasteiger partial charge on any atom is 0.330 e. The third kappa shape index (κ3) is 10.3. The second-order valence-corrected chi connectivity index (χ2v) is 8.72. The van der Waals surface area contributed by atoms with Crippen molar-refractivity contribution in [3.63, 3.8) is 0 Å². The van der Waals surface area contributed by atoms with Crippen molar-refractivity contribution < 1.29 is 34.1 Å². The Morgan fingerprint density at radius 2 is 1.59 bits per heavy atom. The predicted octanol–water partition coefficient (Wildman–Crippen LogP) is 6.41. The van der Waals surface area contributed by atoms with E-state index in [0.717, 1.165) is 29.2 Å². The smallest absolute Gasteiger partial charge is 0.330 e. The van der Waals surface area contributed by atoms with Crippen LogP contribution in [0.25, 0.3) is 12.2 Å². The summed E-state index contributed by atoms with van der Waals surface area (Å²) in [5.74, 6) is -1.00. The Morgan fingerprint density at radius 1 is 0.923 bits per heavy atom. The first-order valence-electron chi connectivity index (χ1n) is 12.5. The fourth-order valence-electron chi connectivity index (χ4n) is 3.65. The van der Waals surface area contributed by atoms with Crippen LogP contribution < -0.4 is 4.74 Å². The van der Waals surface area contributed by atoms with Gasteiger partial charge in [-0.2, -0.15) is 0 Å². The number of aryl methyl sites for hydroxylation is 1. The summed E-state index contributed by atoms with van der Waals surface area (Å²) in [6.45, 7) is 5.68. The minimum Gasteiger partial charge on any atom is -0.507 e. The molecule has 0 aliphatic rings. The number of phenols is 1. The van der Waals surface area contributed by atoms with Crippen LogP contribution in [0.2, 0.25) is 0 Å². The summed E-state index contributed by atoms with van der Waals surface area (Å²) in [5.41, 5.74) is 4.73. The number of carboxylic acids is 1. The molecule has 0 saturated heterocycles. The first-order valence-corrected chi connectivity index (χ1v) is 12.5. The molecule has 0 aliphatic carbocycles. The number of ketones is 1. The number of carboxylic acid groups (broad SMARTS) is 1. The van der Waals surface area contributed by atoms with E-state index in [0.29, 0.717) is 23.3 Å². The standard InChI is InChI=1S/C21H22O5.C11H12O2/c1-3-5-18-19(10-9-17(14(2)22)21(18)25)26-13-16-7-4-6-15(12-16)8-11-20(23)24;1-9-4-3-5-10(8-9)6-7-11(12)13-2/h4,6-12,25H,3,5,13H2,1-2H3,(H,23,24);3-8H,1-2H3. The van der Waals surface area contributed by atoms with Gasteiger partial charge in [0.15, 0.2) is 5.78 Å². The van der Waals surface area contributed by atoms with E-state index in [2.05, 4.69) is 4.74 Å². The number of esters is 1. The van der Waals surface area contributed by atoms with Gasteiger partial charge in [0.2, 0.25) is 0 Å². The summed E-state index contributed by atoms with van der Waals surface area (Å²) >= 11 is 0. The summed E-state index contributed by atoms with van der Waals surface area (Å²) in [6.07, 6.45) is 7.15. The van der Waals surface area contributed by atoms with Gasteiger partial charge in [-0.05, 0) is 67.3 Å². The van der Waals surface area contributed by atoms with Crippen LogP contribution in [0.5, 0.6) is 11.5 Å². The second kappa shape index (κ2) is 15.6. The minimum atomic E-state index is -1.00. The van der Waals surface area contributed by atoms with E-state index in [1.54, 1.807) is 24.3 Å². The Labute approximate surface area is 229 Å². The predicted molar refractivity (Wildman–Crippen MR) is 152 cm³/mol. The Kier molecular flexibility index (Phi) is 12.2. The maximum absolute atomic E-state index is 11.6. The third-order valence-corrected chi connectivity index (χ3v) is 5.54. The van der Waals surface area contributed by atoms with E-state index in [1.807, 2.05) is 56.3 Å². The van der Waals surface area contributed by atoms with Crippen molar-refractivity contribution in [1.29, 1.82) is 0 Å². The van der Waals surface area contributed by atoms with Crippen LogP contribution in [0, 0.1) is 6.92 Å². The van der Waals surface area contributed by atoms with Gasteiger partial charge in [0.05, 0.1) is 12.7 Å². The average Bonchev–Trinajstić information content (AvgIpc) is 2.91. The monoisotopic (exact) mass is 530 g/mol. The Bertz CT molecular complexity index is 1350. The molecule has 2 N–H and O–H groups in total. The number of carbonyl (C=O) groups excluding carboxylic acids is 2. The molecule has 0 bridgehead atoms. The van der Waals surface area contributed by atoms with Crippen LogP contribution >= 0.6 is 0 Å². The molecule has 204 valence electrons. The topological polar surface area (TPSA) is 110 Å². The van der Waals surface area contributed by atoms with Crippen molar-refractivity contribution in [1.82, 2.24) is 0 Å². The molecular weight excluding hydrogens is 496 g/mol. The molecular formula is C32H34O7. The molecule has 0 saturated carbocycles. The van der Waals surface area contributed by atoms with Gasteiger partial charge in [0, 0.05) is 17.7 Å². The number of carbonyl (C=O) groups is 3. The first-order chi connectivity index (χ1) is 18.6. The van der Waals surface area contributed by atoms with Crippen molar-refractivity contribution in [2.24, 2.45) is 0 Å². The summed E-state index contributed by atoms with van der Waals surface area (Å²) in [4.78, 5) is 33.0. The van der Waals surface area contributed by atoms with Gasteiger partial charge in [-0.15, -0.1) is 0 Å². The lowest BCUT2D eigenvalue weighted by Crippen LogP contribution is -2.02. The van der Waals surface area contributed by atoms with Crippen LogP contribution in [0.3, 0.4) is 0 Å². The lowest BCUT2D eigenvalue weighted by atomic mass is 10.0. The SMILES string of the molecule is CCCc1c(OCc2cccc(C=CC(=O)O)c2)ccc(C(C)=O)c1O.COC(=O)C=Cc1cccc(C)c1. The largest absolute Gasteiger partial charge is 0.507 e. The first kappa shape index (κ1) is 30.6. The molecule has 0 unspecified atom stereocenters. The number of rotatable bonds is 10. The highest BCUT2D eigenvalue weighted by atomic mass is 16.5. The lowest BCUT2D eigenvalue weighted by Gasteiger charge is -2.15. The normalized spacial score (nSPS) is 10.7. The zero-order valence-electron chi connectivity index (χ0n) is 22.6. The lowest BCUT2D eigenvalue weighted by molar-refractivity contribution is -0.135. The Balaban J connectivity index is 0.000000344. The van der Waals surface area contributed by atoms with Gasteiger partial charge < -0.3 is 19.7 Å². The van der Waals surface area contributed by atoms with Crippen LogP contribution in [0.1, 0.15) is 58.4 Å². The number of Topliss-reactive ketones (excluding diaryl/α,β-unsaturated/α-hetero) is 1. The van der Waals surface area contributed by atoms with E-state index in [9.17, 15) is 19.5 Å². The van der Waals surface area contributed by atoms with E-state index >= 15 is 0 Å². The number of aliphatic carboxylic acids is 1. The average molecular weight is 531 g/mol. The molecule has 0 amide bonds. The van der Waals surface area contributed by atoms with E-state index < -0.39 is 5.97 Å². The van der Waals surface area contributed by atoms with E-state index in [1.165, 1.54) is 31.7 Å². The number of methoxy groups -OCH3 is 1. The highest BCUT2D eigenvalue weighted by Crippen LogP contribution is 2.33. The Hall–Kier alpha value is -4.65. The van der Waals surface area contributed by atoms with Gasteiger partial charge in [-0.25, -0.2) is 9.59 Å². The fraction of sp³-hybridized carbons (Fsp3) is 0.219. The molecule has 3 aromatic rings. The van der Waals surface area contributed by atoms with Crippen molar-refractivity contribution in [3.05, 3.63) is 106 Å². The quantitative estimate of drug-likeness (QED) is 0.177. The molecule has 0 aromatic heterocycles. The molecule has 3 aromatic carbocycles. The van der Waals surface area contributed by atoms with Gasteiger partial charge >= 0.3 is 11.9 Å². The van der Waals surface area contributed by atoms with Crippen molar-refractivity contribution in [2.75, 3.05) is 7.11 Å². The summed E-state index contributed by atoms with van der Waals surface area (Å²) in [6, 6.07) is 18.5. The number of phenolic OH excluding ortho intramolecular Hbond substituents is 1. The van der Waals surface area contributed by atoms with Gasteiger partial charge in [0.1, 0.15) is 18.1 Å². The number of hydrogen-bond acceptors (Lipinski definition) is 6. The molecule has 0 heterocycles. The molecule has 0 fully saturated rings. The highest BCUT2D eigenvalue weighted by Gasteiger charge is 2.16. The number of benzene rings is 3. The second-order valence-electron chi connectivity index (χ2n) is 8.72. The zero-order valence-corrected chi connectivity index (χ0v) is 22.6. The molecule has 0 radical (unpaired) electrons. The molecule has 0 aliphatic heterocycles. The molecule has 39 heavy (non-hydrogen) atoms. The highest BCUT2D eigenvalue weighted by molar-refractivity contribution is 5.97. The molecule has 7 nitrogen and oxygen atoms in total. The maximum atomic E-state index is 11.6. The number of ether oxygens (including phenoxy) is 2. The van der Waals surface area contributed by atoms with Crippen molar-refractivity contribution in [2.45, 2.75) is 40.2 Å². The fourth-order valence-corrected chi connectivity index (χ4v) is 3.65. The summed E-state index contributed by atoms with van der Waals surface area (Å²) in [5, 5.41) is 19.1. The molecule has 7 heteroatoms. The van der Waals surface area contributed by atoms with Crippen molar-refractivity contribution >= 4 is 29.9 Å². The van der Waals surface area contributed by atoms with Gasteiger partial charge in [-0.1, -0.05) is 61.4 Å². The van der Waals surface area contributed by atoms with Crippen LogP contribution in [-0.2, 0) is 27.4 Å². The third-order valence-electron chi connectivity index (χ3n) is 5.54. The van der Waals surface area contributed by atoms with E-state index in [-0.39, 0.29) is 24.1 Å². The Morgan fingerprint density at radius 3 is 2.21 bits per heavy atom. The summed E-state index contributed by atoms with van der Waals surface area (Å²) < 4.78 is 10.3. The van der Waals surface area contributed by atoms with Crippen LogP contribution in [0.4, 0.5) is 0 Å². The van der Waals surface area contributed by atoms with Crippen molar-refractivity contribution in [3.8, 4) is 11.5 Å². The number of aromatic hydroxyl groups is 1. The van der Waals surface area contributed by atoms with Gasteiger partial charge in [0.25, 0.3) is 0 Å². The van der Waals surface area contributed by atoms with E-state index in [4.69, 9.17) is 9.84 Å². The summed E-state index contributed by atoms with van der Waals surface area (Å²) in [7, 11) is 1.36. The van der Waals surface area contributed by atoms with Gasteiger partial charge in [-0.3, -0.25) is 4.79 Å². The molecule has 0 atom stereocenters. The zero-order chi connectivity index (χ0) is 28.8.